The number of nitrogens with one attached hydrogen (secondary N) is 1. The molecule has 0 atom stereocenters. The fourth-order valence-corrected chi connectivity index (χ4v) is 4.92. The third-order valence-electron chi connectivity index (χ3n) is 3.22. The van der Waals surface area contributed by atoms with Gasteiger partial charge in [0, 0.05) is 22.0 Å². The number of hydrogen-bond donors (Lipinski definition) is 1. The maximum atomic E-state index is 12.2. The molecule has 0 bridgehead atoms. The largest absolute Gasteiger partial charge is 0.333 e. The Balaban J connectivity index is 1.97. The Bertz CT molecular complexity index is 980. The van der Waals surface area contributed by atoms with Crippen molar-refractivity contribution in [1.29, 1.82) is 0 Å². The van der Waals surface area contributed by atoms with Gasteiger partial charge in [0.05, 0.1) is 9.77 Å². The summed E-state index contributed by atoms with van der Waals surface area (Å²) in [6.07, 6.45) is 0. The summed E-state index contributed by atoms with van der Waals surface area (Å²) < 4.78 is 32.1. The zero-order valence-corrected chi connectivity index (χ0v) is 15.3. The first-order valence-corrected chi connectivity index (χ1v) is 9.78. The van der Waals surface area contributed by atoms with E-state index in [9.17, 15) is 8.42 Å². The van der Waals surface area contributed by atoms with Crippen LogP contribution in [0, 0.1) is 6.92 Å². The molecule has 0 spiro atoms. The predicted molar refractivity (Wildman–Crippen MR) is 93.7 cm³/mol. The first kappa shape index (κ1) is 17.1. The van der Waals surface area contributed by atoms with Crippen molar-refractivity contribution in [2.45, 2.75) is 18.7 Å². The molecule has 126 valence electrons. The summed E-state index contributed by atoms with van der Waals surface area (Å²) in [6, 6.07) is 8.65. The second-order valence-corrected chi connectivity index (χ2v) is 8.39. The topological polar surface area (TPSA) is 85.1 Å². The van der Waals surface area contributed by atoms with E-state index >= 15 is 0 Å². The zero-order valence-electron chi connectivity index (χ0n) is 12.9. The van der Waals surface area contributed by atoms with Crippen molar-refractivity contribution in [3.05, 3.63) is 40.2 Å². The van der Waals surface area contributed by atoms with Crippen molar-refractivity contribution < 1.29 is 12.9 Å². The number of rotatable bonds is 5. The van der Waals surface area contributed by atoms with E-state index < -0.39 is 10.0 Å². The van der Waals surface area contributed by atoms with Crippen molar-refractivity contribution in [3.63, 3.8) is 0 Å². The summed E-state index contributed by atoms with van der Waals surface area (Å²) in [7, 11) is -3.53. The Labute approximate surface area is 148 Å². The summed E-state index contributed by atoms with van der Waals surface area (Å²) in [5, 5.41) is 4.51. The standard InChI is InChI=1S/C15H14ClN3O3S2/c1-3-17-24(20,21)13-8-12(23-9(13)2)15-18-14(19-22-15)10-5-4-6-11(16)7-10/h4-8,17H,3H2,1-2H3. The fraction of sp³-hybridized carbons (Fsp3) is 0.200. The molecule has 9 heteroatoms. The number of hydrogen-bond acceptors (Lipinski definition) is 6. The van der Waals surface area contributed by atoms with Crippen molar-refractivity contribution >= 4 is 33.0 Å². The molecule has 0 saturated heterocycles. The highest BCUT2D eigenvalue weighted by atomic mass is 35.5. The van der Waals surface area contributed by atoms with E-state index in [-0.39, 0.29) is 10.8 Å². The van der Waals surface area contributed by atoms with Gasteiger partial charge < -0.3 is 4.52 Å². The average Bonchev–Trinajstić information content (AvgIpc) is 3.14. The Morgan fingerprint density at radius 3 is 2.83 bits per heavy atom. The molecule has 3 rings (SSSR count). The minimum absolute atomic E-state index is 0.229. The van der Waals surface area contributed by atoms with E-state index in [4.69, 9.17) is 16.1 Å². The first-order valence-electron chi connectivity index (χ1n) is 7.11. The first-order chi connectivity index (χ1) is 11.4. The molecule has 3 aromatic rings. The van der Waals surface area contributed by atoms with Crippen molar-refractivity contribution in [3.8, 4) is 22.2 Å². The van der Waals surface area contributed by atoms with E-state index in [1.165, 1.54) is 11.3 Å². The Hall–Kier alpha value is -1.74. The van der Waals surface area contributed by atoms with Crippen LogP contribution in [0.5, 0.6) is 0 Å². The monoisotopic (exact) mass is 383 g/mol. The van der Waals surface area contributed by atoms with Gasteiger partial charge in [0.15, 0.2) is 0 Å². The number of sulfonamides is 1. The van der Waals surface area contributed by atoms with Gasteiger partial charge in [-0.2, -0.15) is 4.98 Å². The van der Waals surface area contributed by atoms with Gasteiger partial charge >= 0.3 is 0 Å². The molecule has 0 aliphatic heterocycles. The second-order valence-electron chi connectivity index (χ2n) is 4.97. The van der Waals surface area contributed by atoms with Crippen LogP contribution in [-0.4, -0.2) is 25.1 Å². The summed E-state index contributed by atoms with van der Waals surface area (Å²) in [4.78, 5) is 5.82. The van der Waals surface area contributed by atoms with Gasteiger partial charge in [0.1, 0.15) is 0 Å². The van der Waals surface area contributed by atoms with Gasteiger partial charge in [-0.1, -0.05) is 35.8 Å². The van der Waals surface area contributed by atoms with Crippen LogP contribution in [-0.2, 0) is 10.0 Å². The third kappa shape index (κ3) is 3.36. The van der Waals surface area contributed by atoms with Crippen LogP contribution in [0.4, 0.5) is 0 Å². The molecule has 0 aliphatic rings. The molecule has 0 saturated carbocycles. The smallest absolute Gasteiger partial charge is 0.268 e. The molecule has 0 radical (unpaired) electrons. The van der Waals surface area contributed by atoms with E-state index in [2.05, 4.69) is 14.9 Å². The second kappa shape index (κ2) is 6.64. The summed E-state index contributed by atoms with van der Waals surface area (Å²) >= 11 is 7.26. The predicted octanol–water partition coefficient (Wildman–Crippen LogP) is 3.73. The molecule has 0 unspecified atom stereocenters. The Morgan fingerprint density at radius 2 is 2.12 bits per heavy atom. The minimum atomic E-state index is -3.53. The molecule has 0 fully saturated rings. The molecular weight excluding hydrogens is 370 g/mol. The van der Waals surface area contributed by atoms with Gasteiger partial charge in [-0.3, -0.25) is 0 Å². The van der Waals surface area contributed by atoms with E-state index in [0.717, 1.165) is 5.56 Å². The number of aromatic nitrogens is 2. The van der Waals surface area contributed by atoms with Crippen molar-refractivity contribution in [2.24, 2.45) is 0 Å². The Morgan fingerprint density at radius 1 is 1.33 bits per heavy atom. The SMILES string of the molecule is CCNS(=O)(=O)c1cc(-c2nc(-c3cccc(Cl)c3)no2)sc1C. The van der Waals surface area contributed by atoms with Gasteiger partial charge in [-0.15, -0.1) is 11.3 Å². The van der Waals surface area contributed by atoms with Gasteiger partial charge in [0.2, 0.25) is 15.8 Å². The van der Waals surface area contributed by atoms with Gasteiger partial charge in [0.25, 0.3) is 5.89 Å². The van der Waals surface area contributed by atoms with Crippen LogP contribution in [0.2, 0.25) is 5.02 Å². The average molecular weight is 384 g/mol. The molecule has 0 amide bonds. The number of halogens is 1. The third-order valence-corrected chi connectivity index (χ3v) is 6.29. The zero-order chi connectivity index (χ0) is 17.3. The number of thiophene rings is 1. The van der Waals surface area contributed by atoms with Crippen LogP contribution >= 0.6 is 22.9 Å². The lowest BCUT2D eigenvalue weighted by Crippen LogP contribution is -2.23. The highest BCUT2D eigenvalue weighted by molar-refractivity contribution is 7.89. The molecule has 1 aromatic carbocycles. The molecule has 2 aromatic heterocycles. The quantitative estimate of drug-likeness (QED) is 0.725. The van der Waals surface area contributed by atoms with E-state index in [0.29, 0.717) is 27.1 Å². The van der Waals surface area contributed by atoms with Gasteiger partial charge in [-0.05, 0) is 25.1 Å². The highest BCUT2D eigenvalue weighted by Gasteiger charge is 2.22. The maximum Gasteiger partial charge on any atom is 0.268 e. The minimum Gasteiger partial charge on any atom is -0.333 e. The van der Waals surface area contributed by atoms with Crippen LogP contribution in [0.1, 0.15) is 11.8 Å². The van der Waals surface area contributed by atoms with Gasteiger partial charge in [-0.25, -0.2) is 13.1 Å². The number of nitrogens with zero attached hydrogens (tertiary/aromatic N) is 2. The number of aryl methyl sites for hydroxylation is 1. The summed E-state index contributed by atoms with van der Waals surface area (Å²) in [6.45, 7) is 3.80. The maximum absolute atomic E-state index is 12.2. The molecule has 6 nitrogen and oxygen atoms in total. The van der Waals surface area contributed by atoms with Crippen LogP contribution < -0.4 is 4.72 Å². The summed E-state index contributed by atoms with van der Waals surface area (Å²) in [5.41, 5.74) is 0.728. The molecule has 24 heavy (non-hydrogen) atoms. The van der Waals surface area contributed by atoms with Crippen LogP contribution in [0.15, 0.2) is 39.8 Å². The Kier molecular flexibility index (Phi) is 4.73. The molecule has 2 heterocycles. The lowest BCUT2D eigenvalue weighted by molar-refractivity contribution is 0.433. The number of benzene rings is 1. The normalized spacial score (nSPS) is 11.8. The van der Waals surface area contributed by atoms with Crippen molar-refractivity contribution in [2.75, 3.05) is 6.54 Å². The summed E-state index contributed by atoms with van der Waals surface area (Å²) in [5.74, 6) is 0.672. The lowest BCUT2D eigenvalue weighted by Gasteiger charge is -2.02. The molecule has 1 N–H and O–H groups in total. The molecular formula is C15H14ClN3O3S2. The lowest BCUT2D eigenvalue weighted by atomic mass is 10.2. The fourth-order valence-electron chi connectivity index (χ4n) is 2.17. The van der Waals surface area contributed by atoms with Crippen LogP contribution in [0.3, 0.4) is 0 Å². The van der Waals surface area contributed by atoms with E-state index in [1.807, 2.05) is 6.07 Å². The highest BCUT2D eigenvalue weighted by Crippen LogP contribution is 2.33. The van der Waals surface area contributed by atoms with Crippen LogP contribution in [0.25, 0.3) is 22.2 Å². The van der Waals surface area contributed by atoms with Crippen molar-refractivity contribution in [1.82, 2.24) is 14.9 Å². The molecule has 0 aliphatic carbocycles. The van der Waals surface area contributed by atoms with E-state index in [1.54, 1.807) is 38.1 Å².